The summed E-state index contributed by atoms with van der Waals surface area (Å²) in [5.74, 6) is 0.609. The Hall–Kier alpha value is -5.48. The van der Waals surface area contributed by atoms with Gasteiger partial charge in [0.15, 0.2) is 11.5 Å². The van der Waals surface area contributed by atoms with E-state index in [9.17, 15) is 5.11 Å². The van der Waals surface area contributed by atoms with Gasteiger partial charge in [0.05, 0.1) is 33.0 Å². The molecule has 6 aromatic carbocycles. The van der Waals surface area contributed by atoms with Gasteiger partial charge in [0.2, 0.25) is 6.29 Å². The van der Waals surface area contributed by atoms with Crippen LogP contribution >= 0.6 is 0 Å². The molecule has 6 aromatic rings. The Morgan fingerprint density at radius 3 is 1.38 bits per heavy atom. The van der Waals surface area contributed by atoms with Gasteiger partial charge in [0, 0.05) is 6.07 Å². The van der Waals surface area contributed by atoms with Crippen molar-refractivity contribution in [3.63, 3.8) is 0 Å². The van der Waals surface area contributed by atoms with Gasteiger partial charge in [-0.1, -0.05) is 152 Å². The summed E-state index contributed by atoms with van der Waals surface area (Å²) >= 11 is 0. The van der Waals surface area contributed by atoms with Crippen LogP contribution in [-0.4, -0.2) is 42.4 Å². The van der Waals surface area contributed by atoms with Crippen LogP contribution in [0.15, 0.2) is 170 Å². The number of phenolic OH excluding ortho intramolecular Hbond substituents is 1. The lowest BCUT2D eigenvalue weighted by Crippen LogP contribution is -2.62. The van der Waals surface area contributed by atoms with E-state index in [1.54, 1.807) is 12.1 Å². The van der Waals surface area contributed by atoms with E-state index in [1.807, 2.05) is 152 Å². The number of ether oxygens (including phenoxy) is 7. The monoisotopic (exact) mass is 738 g/mol. The van der Waals surface area contributed by atoms with E-state index in [-0.39, 0.29) is 24.7 Å². The zero-order valence-electron chi connectivity index (χ0n) is 30.6. The molecule has 0 bridgehead atoms. The van der Waals surface area contributed by atoms with Crippen LogP contribution in [0.5, 0.6) is 17.2 Å². The molecule has 1 saturated heterocycles. The Morgan fingerprint density at radius 2 is 0.891 bits per heavy atom. The molecule has 1 aliphatic rings. The Labute approximate surface area is 322 Å². The zero-order chi connectivity index (χ0) is 37.5. The molecule has 7 rings (SSSR count). The van der Waals surface area contributed by atoms with Crippen molar-refractivity contribution in [2.75, 3.05) is 6.61 Å². The highest BCUT2D eigenvalue weighted by Gasteiger charge is 2.50. The molecule has 0 saturated carbocycles. The molecule has 282 valence electrons. The van der Waals surface area contributed by atoms with Crippen LogP contribution in [0.3, 0.4) is 0 Å². The van der Waals surface area contributed by atoms with Gasteiger partial charge in [-0.25, -0.2) is 0 Å². The van der Waals surface area contributed by atoms with Crippen LogP contribution in [0.4, 0.5) is 0 Å². The third kappa shape index (κ3) is 11.0. The minimum atomic E-state index is -1.02. The molecule has 1 heterocycles. The first-order valence-corrected chi connectivity index (χ1v) is 18.6. The van der Waals surface area contributed by atoms with Gasteiger partial charge in [0.1, 0.15) is 36.8 Å². The normalized spacial score (nSPS) is 19.5. The molecule has 8 heteroatoms. The summed E-state index contributed by atoms with van der Waals surface area (Å²) < 4.78 is 45.9. The molecule has 5 atom stereocenters. The summed E-state index contributed by atoms with van der Waals surface area (Å²) in [6.45, 7) is 1.80. The van der Waals surface area contributed by atoms with Gasteiger partial charge in [-0.15, -0.1) is 0 Å². The molecule has 0 aliphatic carbocycles. The topological polar surface area (TPSA) is 84.8 Å². The number of phenols is 1. The van der Waals surface area contributed by atoms with Crippen LogP contribution < -0.4 is 9.47 Å². The molecule has 0 unspecified atom stereocenters. The Balaban J connectivity index is 1.19. The quantitative estimate of drug-likeness (QED) is 0.0936. The van der Waals surface area contributed by atoms with Crippen molar-refractivity contribution < 1.29 is 38.3 Å². The molecule has 0 aromatic heterocycles. The first-order valence-electron chi connectivity index (χ1n) is 18.6. The predicted octanol–water partition coefficient (Wildman–Crippen LogP) is 9.05. The van der Waals surface area contributed by atoms with E-state index in [0.717, 1.165) is 27.8 Å². The van der Waals surface area contributed by atoms with Crippen LogP contribution in [-0.2, 0) is 56.7 Å². The van der Waals surface area contributed by atoms with Crippen LogP contribution in [0, 0.1) is 0 Å². The summed E-state index contributed by atoms with van der Waals surface area (Å²) in [4.78, 5) is 0. The highest BCUT2D eigenvalue weighted by molar-refractivity contribution is 5.44. The van der Waals surface area contributed by atoms with E-state index >= 15 is 0 Å². The van der Waals surface area contributed by atoms with Gasteiger partial charge in [-0.05, 0) is 39.9 Å². The van der Waals surface area contributed by atoms with Gasteiger partial charge in [-0.2, -0.15) is 0 Å². The van der Waals surface area contributed by atoms with Crippen molar-refractivity contribution in [2.45, 2.75) is 63.7 Å². The van der Waals surface area contributed by atoms with Crippen LogP contribution in [0.2, 0.25) is 0 Å². The highest BCUT2D eigenvalue weighted by Crippen LogP contribution is 2.36. The van der Waals surface area contributed by atoms with Crippen molar-refractivity contribution in [3.05, 3.63) is 198 Å². The fourth-order valence-electron chi connectivity index (χ4n) is 6.39. The van der Waals surface area contributed by atoms with Crippen molar-refractivity contribution in [2.24, 2.45) is 0 Å². The van der Waals surface area contributed by atoms with E-state index in [4.69, 9.17) is 33.2 Å². The lowest BCUT2D eigenvalue weighted by Gasteiger charge is -2.45. The maximum absolute atomic E-state index is 11.2. The first-order chi connectivity index (χ1) is 27.2. The average molecular weight is 739 g/mol. The van der Waals surface area contributed by atoms with E-state index in [1.165, 1.54) is 6.07 Å². The van der Waals surface area contributed by atoms with Crippen LogP contribution in [0.1, 0.15) is 27.8 Å². The fourth-order valence-corrected chi connectivity index (χ4v) is 6.39. The fraction of sp³-hybridized carbons (Fsp3) is 0.234. The van der Waals surface area contributed by atoms with E-state index in [0.29, 0.717) is 32.2 Å². The SMILES string of the molecule is Oc1cc(OCc2ccccc2)ccc1O[C@H]1O[C@H](COCc2ccccc2)[C@@H](OCc2ccccc2)[C@H](OCc2ccccc2)[C@@H]1OCc1ccccc1. The third-order valence-electron chi connectivity index (χ3n) is 9.26. The van der Waals surface area contributed by atoms with Crippen LogP contribution in [0.25, 0.3) is 0 Å². The lowest BCUT2D eigenvalue weighted by molar-refractivity contribution is -0.310. The number of aromatic hydroxyl groups is 1. The Bertz CT molecular complexity index is 1980. The smallest absolute Gasteiger partial charge is 0.229 e. The number of hydrogen-bond donors (Lipinski definition) is 1. The summed E-state index contributed by atoms with van der Waals surface area (Å²) in [7, 11) is 0. The summed E-state index contributed by atoms with van der Waals surface area (Å²) in [5.41, 5.74) is 5.03. The molecular formula is C47H46O8. The molecule has 1 N–H and O–H groups in total. The highest BCUT2D eigenvalue weighted by atomic mass is 16.7. The molecular weight excluding hydrogens is 693 g/mol. The number of hydrogen-bond acceptors (Lipinski definition) is 8. The molecule has 8 nitrogen and oxygen atoms in total. The summed E-state index contributed by atoms with van der Waals surface area (Å²) in [6.07, 6.45) is -3.74. The van der Waals surface area contributed by atoms with Crippen molar-refractivity contribution in [1.29, 1.82) is 0 Å². The molecule has 0 radical (unpaired) electrons. The maximum Gasteiger partial charge on any atom is 0.229 e. The Morgan fingerprint density at radius 1 is 0.455 bits per heavy atom. The molecule has 0 amide bonds. The van der Waals surface area contributed by atoms with Gasteiger partial charge in [-0.3, -0.25) is 0 Å². The maximum atomic E-state index is 11.2. The lowest BCUT2D eigenvalue weighted by atomic mass is 9.97. The average Bonchev–Trinajstić information content (AvgIpc) is 3.24. The van der Waals surface area contributed by atoms with Gasteiger partial charge < -0.3 is 38.3 Å². The van der Waals surface area contributed by atoms with Gasteiger partial charge >= 0.3 is 0 Å². The minimum absolute atomic E-state index is 0.1000. The van der Waals surface area contributed by atoms with E-state index < -0.39 is 30.7 Å². The van der Waals surface area contributed by atoms with Crippen molar-refractivity contribution >= 4 is 0 Å². The largest absolute Gasteiger partial charge is 0.504 e. The molecule has 1 fully saturated rings. The molecule has 55 heavy (non-hydrogen) atoms. The van der Waals surface area contributed by atoms with E-state index in [2.05, 4.69) is 0 Å². The van der Waals surface area contributed by atoms with Crippen molar-refractivity contribution in [3.8, 4) is 17.2 Å². The number of rotatable bonds is 18. The summed E-state index contributed by atoms with van der Waals surface area (Å²) in [6, 6.07) is 54.7. The number of benzene rings is 6. The minimum Gasteiger partial charge on any atom is -0.504 e. The van der Waals surface area contributed by atoms with Crippen molar-refractivity contribution in [1.82, 2.24) is 0 Å². The standard InChI is InChI=1S/C47H46O8/c48-41-28-40(50-30-36-18-8-2-9-19-36)26-27-42(41)54-47-46(53-33-39-24-14-5-15-25-39)45(52-32-38-22-12-4-13-23-38)44(51-31-37-20-10-3-11-21-37)43(55-47)34-49-29-35-16-6-1-7-17-35/h1-28,43-48H,29-34H2/t43-,44-,45+,46+,47+/m1/s1. The molecule has 1 aliphatic heterocycles. The van der Waals surface area contributed by atoms with Gasteiger partial charge in [0.25, 0.3) is 0 Å². The second-order valence-corrected chi connectivity index (χ2v) is 13.3. The molecule has 0 spiro atoms. The summed E-state index contributed by atoms with van der Waals surface area (Å²) in [5, 5.41) is 11.2. The predicted molar refractivity (Wildman–Crippen MR) is 209 cm³/mol. The second kappa shape index (κ2) is 19.7. The first kappa shape index (κ1) is 37.8. The third-order valence-corrected chi connectivity index (χ3v) is 9.26. The Kier molecular flexibility index (Phi) is 13.6. The second-order valence-electron chi connectivity index (χ2n) is 13.3. The zero-order valence-corrected chi connectivity index (χ0v) is 30.6.